The second-order valence-electron chi connectivity index (χ2n) is 1.28. The third-order valence-corrected chi connectivity index (χ3v) is 0.604. The first-order valence-electron chi connectivity index (χ1n) is 2.59. The zero-order chi connectivity index (χ0) is 6.83. The standard InChI is InChI=1S/C4H11N.2HI.Pb/c1-2-3-4-5;;;/h2-5H2,1H3;2*1H;/q;;;+2/p-1. The van der Waals surface area contributed by atoms with Crippen LogP contribution in [0.2, 0.25) is 0 Å². The van der Waals surface area contributed by atoms with Gasteiger partial charge in [-0.15, -0.1) is 0 Å². The van der Waals surface area contributed by atoms with Crippen molar-refractivity contribution in [3.8, 4) is 0 Å². The van der Waals surface area contributed by atoms with E-state index < -0.39 is 0 Å². The van der Waals surface area contributed by atoms with E-state index in [-0.39, 0.29) is 15.6 Å². The first kappa shape index (κ1) is 13.0. The predicted octanol–water partition coefficient (Wildman–Crippen LogP) is 1.42. The molecule has 0 aromatic rings. The Kier molecular flexibility index (Phi) is 26.2. The number of rotatable bonds is 2. The molecule has 4 heteroatoms. The Hall–Kier alpha value is 2.34. The Morgan fingerprint density at radius 3 is 1.88 bits per heavy atom. The fourth-order valence-corrected chi connectivity index (χ4v) is 0.250. The predicted molar refractivity (Wildman–Crippen MR) is 56.5 cm³/mol. The van der Waals surface area contributed by atoms with Gasteiger partial charge in [0.1, 0.15) is 0 Å². The van der Waals surface area contributed by atoms with Crippen molar-refractivity contribution in [2.45, 2.75) is 19.8 Å². The van der Waals surface area contributed by atoms with Crippen LogP contribution in [0.15, 0.2) is 0 Å². The minimum atomic E-state index is 0.0233. The van der Waals surface area contributed by atoms with Gasteiger partial charge >= 0.3 is 51.2 Å². The number of unbranched alkanes of at least 4 members (excludes halogenated alkanes) is 1. The van der Waals surface area contributed by atoms with Gasteiger partial charge in [0.05, 0.1) is 6.54 Å². The molecule has 0 spiro atoms. The zero-order valence-corrected chi connectivity index (χ0v) is 13.3. The van der Waals surface area contributed by atoms with E-state index in [0.717, 1.165) is 6.54 Å². The average molecular weight is 535 g/mol. The maximum atomic E-state index is 3.68. The van der Waals surface area contributed by atoms with Gasteiger partial charge in [-0.2, -0.15) is 0 Å². The van der Waals surface area contributed by atoms with Crippen LogP contribution in [0.3, 0.4) is 0 Å². The Bertz CT molecular complexity index is 28.0. The van der Waals surface area contributed by atoms with Gasteiger partial charge in [-0.1, -0.05) is 13.3 Å². The quantitative estimate of drug-likeness (QED) is 0.410. The van der Waals surface area contributed by atoms with Crippen molar-refractivity contribution in [2.24, 2.45) is 0 Å². The summed E-state index contributed by atoms with van der Waals surface area (Å²) in [4.78, 5) is 0. The molecule has 2 radical (unpaired) electrons. The fraction of sp³-hybridized carbons (Fsp3) is 1.00. The Labute approximate surface area is 81.7 Å². The first-order chi connectivity index (χ1) is 3.83. The number of halogens is 2. The monoisotopic (exact) mass is 536 g/mol. The molecule has 1 nitrogen and oxygen atoms in total. The minimum absolute atomic E-state index is 0.0233. The van der Waals surface area contributed by atoms with Gasteiger partial charge in [-0.05, 0) is 6.42 Å². The molecule has 0 atom stereocenters. The van der Waals surface area contributed by atoms with E-state index in [1.165, 1.54) is 12.8 Å². The van der Waals surface area contributed by atoms with Gasteiger partial charge in [0, 0.05) is 0 Å². The first-order valence-corrected chi connectivity index (χ1v) is 24.5. The Balaban J connectivity index is 0. The summed E-state index contributed by atoms with van der Waals surface area (Å²) >= 11 is 4.96. The molecule has 0 aliphatic heterocycles. The molecule has 0 unspecified atom stereocenters. The third kappa shape index (κ3) is 23.9. The fourth-order valence-electron chi connectivity index (χ4n) is 0.250. The maximum absolute atomic E-state index is 3.68. The van der Waals surface area contributed by atoms with Crippen molar-refractivity contribution in [3.05, 3.63) is 0 Å². The molecule has 0 aromatic carbocycles. The average Bonchev–Trinajstić information content (AvgIpc) is 1.71. The van der Waals surface area contributed by atoms with Gasteiger partial charge in [0.25, 0.3) is 0 Å². The molecule has 0 aromatic heterocycles. The van der Waals surface area contributed by atoms with Gasteiger partial charge in [-0.25, -0.2) is 0 Å². The summed E-state index contributed by atoms with van der Waals surface area (Å²) in [6.07, 6.45) is 2.56. The molecule has 0 amide bonds. The normalized spacial score (nSPS) is 7.50. The van der Waals surface area contributed by atoms with Crippen molar-refractivity contribution in [2.75, 3.05) is 6.54 Å². The van der Waals surface area contributed by atoms with Crippen LogP contribution < -0.4 is 5.73 Å². The van der Waals surface area contributed by atoms with Crippen LogP contribution in [-0.2, 0) is 0 Å². The summed E-state index contributed by atoms with van der Waals surface area (Å²) in [5, 5.41) is 0. The van der Waals surface area contributed by atoms with Gasteiger partial charge in [-0.3, -0.25) is 0 Å². The van der Waals surface area contributed by atoms with Gasteiger partial charge in [0.15, 0.2) is 0 Å². The summed E-state index contributed by atoms with van der Waals surface area (Å²) in [5.74, 6) is 0. The van der Waals surface area contributed by atoms with E-state index >= 15 is 0 Å². The molecular weight excluding hydrogens is 523 g/mol. The van der Waals surface area contributed by atoms with Crippen molar-refractivity contribution < 1.29 is 5.73 Å². The summed E-state index contributed by atoms with van der Waals surface area (Å²) in [6.45, 7) is 3.27. The van der Waals surface area contributed by atoms with Crippen LogP contribution in [0.25, 0.3) is 0 Å². The van der Waals surface area contributed by atoms with Crippen molar-refractivity contribution >= 4 is 51.2 Å². The van der Waals surface area contributed by atoms with E-state index in [9.17, 15) is 0 Å². The van der Waals surface area contributed by atoms with Crippen LogP contribution in [0, 0.1) is 0 Å². The second kappa shape index (κ2) is 16.2. The molecule has 0 aliphatic rings. The topological polar surface area (TPSA) is 27.6 Å². The van der Waals surface area contributed by atoms with E-state index in [2.05, 4.69) is 48.2 Å². The summed E-state index contributed by atoms with van der Waals surface area (Å²) in [7, 11) is 0. The van der Waals surface area contributed by atoms with Crippen LogP contribution in [0.5, 0.6) is 0 Å². The molecule has 0 aliphatic carbocycles. The van der Waals surface area contributed by atoms with Crippen molar-refractivity contribution in [1.82, 2.24) is 0 Å². The molecule has 0 rings (SSSR count). The number of quaternary nitrogens is 1. The molecule has 0 bridgehead atoms. The van der Waals surface area contributed by atoms with Crippen molar-refractivity contribution in [1.29, 1.82) is 0 Å². The SMILES string of the molecule is CCCC[NH3+].[I][Pb][I]. The molecule has 3 N–H and O–H groups in total. The number of hydrogen-bond donors (Lipinski definition) is 1. The van der Waals surface area contributed by atoms with Crippen LogP contribution in [0.1, 0.15) is 19.8 Å². The second-order valence-corrected chi connectivity index (χ2v) is 29.4. The molecule has 8 heavy (non-hydrogen) atoms. The van der Waals surface area contributed by atoms with E-state index in [0.29, 0.717) is 0 Å². The van der Waals surface area contributed by atoms with E-state index in [1.807, 2.05) is 0 Å². The summed E-state index contributed by atoms with van der Waals surface area (Å²) in [5.41, 5.74) is 3.68. The third-order valence-electron chi connectivity index (χ3n) is 0.604. The van der Waals surface area contributed by atoms with Crippen LogP contribution in [0.4, 0.5) is 0 Å². The van der Waals surface area contributed by atoms with Crippen LogP contribution >= 0.6 is 35.5 Å². The number of hydrogen-bond acceptors (Lipinski definition) is 0. The Morgan fingerprint density at radius 1 is 1.50 bits per heavy atom. The molecular formula is C4H12I2NPb+. The molecule has 0 saturated carbocycles. The van der Waals surface area contributed by atoms with Crippen molar-refractivity contribution in [3.63, 3.8) is 0 Å². The molecule has 50 valence electrons. The van der Waals surface area contributed by atoms with Crippen LogP contribution in [-0.4, -0.2) is 22.2 Å². The molecule has 0 heterocycles. The van der Waals surface area contributed by atoms with E-state index in [4.69, 9.17) is 0 Å². The molecule has 0 saturated heterocycles. The summed E-state index contributed by atoms with van der Waals surface area (Å²) < 4.78 is 0. The zero-order valence-electron chi connectivity index (χ0n) is 5.08. The molecule has 0 fully saturated rings. The Morgan fingerprint density at radius 2 is 1.88 bits per heavy atom. The van der Waals surface area contributed by atoms with Gasteiger partial charge < -0.3 is 5.73 Å². The van der Waals surface area contributed by atoms with E-state index in [1.54, 1.807) is 0 Å². The van der Waals surface area contributed by atoms with Gasteiger partial charge in [0.2, 0.25) is 0 Å². The summed E-state index contributed by atoms with van der Waals surface area (Å²) in [6, 6.07) is 0.